The standard InChI is InChI=1S/C34H37Cl2N3O5/c35-25-11-18-29(30(36)22-25)31-34(19-4-8-23-6-2-1-3-7-23,33(42)39-38-26-12-14-27(41)15-13-26)37-32(44-31)24-9-16-28(17-10-24)43-21-5-20-40/h1-4,6-11,16-18,22,26-27,31,38,40-41H,5,12-15,19-21H2,(H,39,42)/b8-4+/t26?,27?,31-,34-/m0/s1. The van der Waals surface area contributed by atoms with Crippen molar-refractivity contribution in [2.24, 2.45) is 4.99 Å². The van der Waals surface area contributed by atoms with Gasteiger partial charge in [-0.1, -0.05) is 71.8 Å². The van der Waals surface area contributed by atoms with E-state index in [1.165, 1.54) is 0 Å². The summed E-state index contributed by atoms with van der Waals surface area (Å²) in [5.41, 5.74) is 6.95. The van der Waals surface area contributed by atoms with Crippen molar-refractivity contribution in [1.29, 1.82) is 0 Å². The van der Waals surface area contributed by atoms with Crippen LogP contribution in [0, 0.1) is 0 Å². The van der Waals surface area contributed by atoms with Crippen molar-refractivity contribution < 1.29 is 24.5 Å². The predicted molar refractivity (Wildman–Crippen MR) is 173 cm³/mol. The largest absolute Gasteiger partial charge is 0.494 e. The van der Waals surface area contributed by atoms with Crippen molar-refractivity contribution in [2.75, 3.05) is 13.2 Å². The monoisotopic (exact) mass is 637 g/mol. The average Bonchev–Trinajstić information content (AvgIpc) is 3.42. The Morgan fingerprint density at radius 3 is 2.50 bits per heavy atom. The number of carbonyl (C=O) groups is 1. The lowest BCUT2D eigenvalue weighted by atomic mass is 9.84. The van der Waals surface area contributed by atoms with E-state index in [0.29, 0.717) is 58.7 Å². The third-order valence-corrected chi connectivity index (χ3v) is 8.46. The van der Waals surface area contributed by atoms with Crippen LogP contribution in [0.3, 0.4) is 0 Å². The average molecular weight is 639 g/mol. The van der Waals surface area contributed by atoms with Gasteiger partial charge in [0.05, 0.1) is 12.7 Å². The van der Waals surface area contributed by atoms with Crippen LogP contribution in [0.4, 0.5) is 0 Å². The molecule has 3 aromatic rings. The van der Waals surface area contributed by atoms with Crippen molar-refractivity contribution in [3.05, 3.63) is 106 Å². The summed E-state index contributed by atoms with van der Waals surface area (Å²) in [6.45, 7) is 0.451. The number of aliphatic imine (C=N–C) groups is 1. The Balaban J connectivity index is 1.50. The molecule has 0 spiro atoms. The van der Waals surface area contributed by atoms with Gasteiger partial charge in [0.1, 0.15) is 5.75 Å². The maximum absolute atomic E-state index is 14.3. The molecule has 0 unspecified atom stereocenters. The summed E-state index contributed by atoms with van der Waals surface area (Å²) in [6, 6.07) is 22.2. The van der Waals surface area contributed by atoms with Crippen LogP contribution in [0.15, 0.2) is 83.9 Å². The van der Waals surface area contributed by atoms with Gasteiger partial charge in [0.15, 0.2) is 11.6 Å². The van der Waals surface area contributed by atoms with Gasteiger partial charge in [0, 0.05) is 46.7 Å². The van der Waals surface area contributed by atoms with E-state index in [2.05, 4.69) is 10.9 Å². The van der Waals surface area contributed by atoms with E-state index in [1.807, 2.05) is 54.6 Å². The number of benzene rings is 3. The molecule has 1 heterocycles. The molecule has 3 aromatic carbocycles. The van der Waals surface area contributed by atoms with Crippen molar-refractivity contribution >= 4 is 41.1 Å². The lowest BCUT2D eigenvalue weighted by Gasteiger charge is -2.32. The number of hydrogen-bond donors (Lipinski definition) is 4. The summed E-state index contributed by atoms with van der Waals surface area (Å²) in [7, 11) is 0. The summed E-state index contributed by atoms with van der Waals surface area (Å²) in [6.07, 6.45) is 6.29. The van der Waals surface area contributed by atoms with Crippen LogP contribution in [-0.4, -0.2) is 52.9 Å². The molecule has 0 saturated heterocycles. The third-order valence-electron chi connectivity index (χ3n) is 7.90. The fourth-order valence-corrected chi connectivity index (χ4v) is 5.95. The van der Waals surface area contributed by atoms with Crippen LogP contribution in [0.1, 0.15) is 61.3 Å². The molecule has 8 nitrogen and oxygen atoms in total. The molecule has 1 fully saturated rings. The first kappa shape index (κ1) is 32.0. The Labute approximate surface area is 267 Å². The van der Waals surface area contributed by atoms with Gasteiger partial charge in [-0.2, -0.15) is 0 Å². The maximum Gasteiger partial charge on any atom is 0.266 e. The van der Waals surface area contributed by atoms with E-state index in [-0.39, 0.29) is 31.1 Å². The molecule has 1 saturated carbocycles. The molecule has 0 aromatic heterocycles. The number of nitrogens with one attached hydrogen (secondary N) is 2. The normalized spacial score (nSPS) is 23.3. The molecule has 2 atom stereocenters. The van der Waals surface area contributed by atoms with Crippen LogP contribution in [0.2, 0.25) is 10.0 Å². The second kappa shape index (κ2) is 15.1. The summed E-state index contributed by atoms with van der Waals surface area (Å²) in [5.74, 6) is 0.581. The minimum absolute atomic E-state index is 0.0287. The number of hydrogen-bond acceptors (Lipinski definition) is 7. The van der Waals surface area contributed by atoms with Gasteiger partial charge in [-0.05, 0) is 67.6 Å². The van der Waals surface area contributed by atoms with E-state index in [0.717, 1.165) is 18.4 Å². The number of hydrazine groups is 1. The second-order valence-corrected chi connectivity index (χ2v) is 11.9. The molecule has 2 aliphatic rings. The fourth-order valence-electron chi connectivity index (χ4n) is 5.44. The quantitative estimate of drug-likeness (QED) is 0.142. The SMILES string of the molecule is O=C(NNC1CCC(O)CC1)[C@@]1(C/C=C/c2ccccc2)N=C(c2ccc(OCCCO)cc2)O[C@H]1c1ccc(Cl)cc1Cl. The Morgan fingerprint density at radius 2 is 1.80 bits per heavy atom. The number of carbonyl (C=O) groups excluding carboxylic acids is 1. The molecule has 0 radical (unpaired) electrons. The highest BCUT2D eigenvalue weighted by Crippen LogP contribution is 2.45. The molecule has 44 heavy (non-hydrogen) atoms. The van der Waals surface area contributed by atoms with E-state index < -0.39 is 11.6 Å². The zero-order valence-corrected chi connectivity index (χ0v) is 25.8. The zero-order valence-electron chi connectivity index (χ0n) is 24.3. The molecule has 10 heteroatoms. The second-order valence-electron chi connectivity index (χ2n) is 11.1. The third kappa shape index (κ3) is 7.81. The van der Waals surface area contributed by atoms with Crippen molar-refractivity contribution in [2.45, 2.75) is 62.3 Å². The molecule has 1 aliphatic carbocycles. The summed E-state index contributed by atoms with van der Waals surface area (Å²) in [4.78, 5) is 19.3. The lowest BCUT2D eigenvalue weighted by Crippen LogP contribution is -2.55. The highest BCUT2D eigenvalue weighted by molar-refractivity contribution is 6.35. The molecule has 0 bridgehead atoms. The maximum atomic E-state index is 14.3. The Bertz CT molecular complexity index is 1460. The number of aliphatic hydroxyl groups excluding tert-OH is 2. The molecule has 4 N–H and O–H groups in total. The minimum Gasteiger partial charge on any atom is -0.494 e. The van der Waals surface area contributed by atoms with E-state index in [1.54, 1.807) is 30.3 Å². The number of aliphatic hydroxyl groups is 2. The number of ether oxygens (including phenoxy) is 2. The number of rotatable bonds is 12. The smallest absolute Gasteiger partial charge is 0.266 e. The van der Waals surface area contributed by atoms with E-state index >= 15 is 0 Å². The van der Waals surface area contributed by atoms with Crippen LogP contribution in [0.5, 0.6) is 5.75 Å². The van der Waals surface area contributed by atoms with Crippen molar-refractivity contribution in [3.8, 4) is 5.75 Å². The van der Waals surface area contributed by atoms with Crippen molar-refractivity contribution in [1.82, 2.24) is 10.9 Å². The van der Waals surface area contributed by atoms with Gasteiger partial charge in [-0.15, -0.1) is 0 Å². The molecule has 5 rings (SSSR count). The van der Waals surface area contributed by atoms with Gasteiger partial charge in [-0.25, -0.2) is 10.4 Å². The lowest BCUT2D eigenvalue weighted by molar-refractivity contribution is -0.130. The highest BCUT2D eigenvalue weighted by atomic mass is 35.5. The van der Waals surface area contributed by atoms with Crippen LogP contribution in [-0.2, 0) is 9.53 Å². The molecular formula is C34H37Cl2N3O5. The first-order valence-corrected chi connectivity index (χ1v) is 15.6. The van der Waals surface area contributed by atoms with Gasteiger partial charge in [0.25, 0.3) is 5.91 Å². The number of halogens is 2. The van der Waals surface area contributed by atoms with Crippen LogP contribution >= 0.6 is 23.2 Å². The van der Waals surface area contributed by atoms with Gasteiger partial charge in [-0.3, -0.25) is 10.2 Å². The Morgan fingerprint density at radius 1 is 1.05 bits per heavy atom. The van der Waals surface area contributed by atoms with E-state index in [4.69, 9.17) is 42.8 Å². The Hall–Kier alpha value is -3.40. The summed E-state index contributed by atoms with van der Waals surface area (Å²) < 4.78 is 12.2. The molecule has 232 valence electrons. The summed E-state index contributed by atoms with van der Waals surface area (Å²) >= 11 is 13.0. The van der Waals surface area contributed by atoms with E-state index in [9.17, 15) is 9.90 Å². The first-order chi connectivity index (χ1) is 21.4. The first-order valence-electron chi connectivity index (χ1n) is 14.9. The molecule has 1 aliphatic heterocycles. The fraction of sp³-hybridized carbons (Fsp3) is 0.353. The topological polar surface area (TPSA) is 112 Å². The minimum atomic E-state index is -1.42. The summed E-state index contributed by atoms with van der Waals surface area (Å²) in [5, 5.41) is 19.8. The van der Waals surface area contributed by atoms with Gasteiger partial charge >= 0.3 is 0 Å². The zero-order chi connectivity index (χ0) is 30.9. The van der Waals surface area contributed by atoms with Crippen LogP contribution in [0.25, 0.3) is 6.08 Å². The molecular weight excluding hydrogens is 601 g/mol. The number of nitrogens with zero attached hydrogens (tertiary/aromatic N) is 1. The number of amides is 1. The van der Waals surface area contributed by atoms with Gasteiger partial charge < -0.3 is 19.7 Å². The molecule has 1 amide bonds. The Kier molecular flexibility index (Phi) is 11.0. The van der Waals surface area contributed by atoms with Gasteiger partial charge in [0.2, 0.25) is 5.90 Å². The predicted octanol–water partition coefficient (Wildman–Crippen LogP) is 6.04. The van der Waals surface area contributed by atoms with Crippen LogP contribution < -0.4 is 15.6 Å². The van der Waals surface area contributed by atoms with Crippen molar-refractivity contribution in [3.63, 3.8) is 0 Å². The highest BCUT2D eigenvalue weighted by Gasteiger charge is 2.53.